The highest BCUT2D eigenvalue weighted by Gasteiger charge is 2.28. The zero-order valence-electron chi connectivity index (χ0n) is 11.9. The maximum Gasteiger partial charge on any atom is 0.272 e. The van der Waals surface area contributed by atoms with Crippen LogP contribution in [0.15, 0.2) is 30.3 Å². The fraction of sp³-hybridized carbons (Fsp3) is 0.333. The number of nitrogen functional groups attached to an aromatic ring is 1. The molecule has 0 aliphatic carbocycles. The van der Waals surface area contributed by atoms with E-state index >= 15 is 0 Å². The van der Waals surface area contributed by atoms with Crippen molar-refractivity contribution < 1.29 is 9.90 Å². The van der Waals surface area contributed by atoms with Crippen LogP contribution in [0.3, 0.4) is 0 Å². The van der Waals surface area contributed by atoms with Gasteiger partial charge in [-0.15, -0.1) is 0 Å². The van der Waals surface area contributed by atoms with E-state index in [-0.39, 0.29) is 18.2 Å². The SMILES string of the molecule is CN(C(=O)c1cc2ccccc2c(N)n1)C(C)(C)CO. The van der Waals surface area contributed by atoms with E-state index in [1.165, 1.54) is 4.90 Å². The summed E-state index contributed by atoms with van der Waals surface area (Å²) in [5.41, 5.74) is 5.53. The van der Waals surface area contributed by atoms with Gasteiger partial charge in [0.1, 0.15) is 11.5 Å². The lowest BCUT2D eigenvalue weighted by molar-refractivity contribution is 0.0468. The first-order valence-electron chi connectivity index (χ1n) is 6.41. The standard InChI is InChI=1S/C15H19N3O2/c1-15(2,9-19)18(3)14(20)12-8-10-6-4-5-7-11(10)13(16)17-12/h4-8,19H,9H2,1-3H3,(H2,16,17). The number of amides is 1. The van der Waals surface area contributed by atoms with Crippen LogP contribution in [0.2, 0.25) is 0 Å². The van der Waals surface area contributed by atoms with Crippen LogP contribution in [0.5, 0.6) is 0 Å². The topological polar surface area (TPSA) is 79.5 Å². The maximum absolute atomic E-state index is 12.4. The molecule has 0 fully saturated rings. The molecule has 2 rings (SSSR count). The summed E-state index contributed by atoms with van der Waals surface area (Å²) in [5.74, 6) is 0.0724. The second-order valence-corrected chi connectivity index (χ2v) is 5.45. The zero-order chi connectivity index (χ0) is 14.9. The highest BCUT2D eigenvalue weighted by Crippen LogP contribution is 2.22. The van der Waals surface area contributed by atoms with Gasteiger partial charge in [0.25, 0.3) is 5.91 Å². The Morgan fingerprint density at radius 2 is 2.05 bits per heavy atom. The predicted octanol–water partition coefficient (Wildman–Crippen LogP) is 1.66. The number of aliphatic hydroxyl groups excluding tert-OH is 1. The number of aliphatic hydroxyl groups is 1. The van der Waals surface area contributed by atoms with E-state index in [0.717, 1.165) is 10.8 Å². The van der Waals surface area contributed by atoms with E-state index in [1.54, 1.807) is 27.0 Å². The average molecular weight is 273 g/mol. The van der Waals surface area contributed by atoms with E-state index in [9.17, 15) is 9.90 Å². The normalized spacial score (nSPS) is 11.6. The van der Waals surface area contributed by atoms with Gasteiger partial charge in [-0.25, -0.2) is 4.98 Å². The number of rotatable bonds is 3. The number of anilines is 1. The van der Waals surface area contributed by atoms with Crippen LogP contribution in [0.1, 0.15) is 24.3 Å². The van der Waals surface area contributed by atoms with E-state index in [0.29, 0.717) is 5.82 Å². The first-order valence-corrected chi connectivity index (χ1v) is 6.41. The van der Waals surface area contributed by atoms with Crippen LogP contribution in [0.25, 0.3) is 10.8 Å². The van der Waals surface area contributed by atoms with Crippen molar-refractivity contribution in [3.8, 4) is 0 Å². The molecule has 5 nitrogen and oxygen atoms in total. The fourth-order valence-electron chi connectivity index (χ4n) is 1.89. The number of likely N-dealkylation sites (N-methyl/N-ethyl adjacent to an activating group) is 1. The summed E-state index contributed by atoms with van der Waals surface area (Å²) < 4.78 is 0. The molecule has 0 aliphatic heterocycles. The Hall–Kier alpha value is -2.14. The number of fused-ring (bicyclic) bond motifs is 1. The van der Waals surface area contributed by atoms with E-state index < -0.39 is 5.54 Å². The summed E-state index contributed by atoms with van der Waals surface area (Å²) in [6.07, 6.45) is 0. The molecule has 1 aromatic carbocycles. The molecule has 106 valence electrons. The molecule has 20 heavy (non-hydrogen) atoms. The van der Waals surface area contributed by atoms with Gasteiger partial charge in [0.15, 0.2) is 0 Å². The van der Waals surface area contributed by atoms with Gasteiger partial charge in [-0.2, -0.15) is 0 Å². The number of pyridine rings is 1. The molecule has 0 spiro atoms. The smallest absolute Gasteiger partial charge is 0.272 e. The Balaban J connectivity index is 2.46. The van der Waals surface area contributed by atoms with Crippen molar-refractivity contribution in [3.63, 3.8) is 0 Å². The molecule has 1 amide bonds. The van der Waals surface area contributed by atoms with E-state index in [1.807, 2.05) is 24.3 Å². The molecule has 0 saturated heterocycles. The predicted molar refractivity (Wildman–Crippen MR) is 79.4 cm³/mol. The van der Waals surface area contributed by atoms with Gasteiger partial charge in [0, 0.05) is 12.4 Å². The molecule has 0 saturated carbocycles. The van der Waals surface area contributed by atoms with Crippen LogP contribution >= 0.6 is 0 Å². The summed E-state index contributed by atoms with van der Waals surface area (Å²) in [4.78, 5) is 18.1. The van der Waals surface area contributed by atoms with Crippen LogP contribution < -0.4 is 5.73 Å². The molecule has 0 bridgehead atoms. The van der Waals surface area contributed by atoms with E-state index in [4.69, 9.17) is 5.73 Å². The molecular formula is C15H19N3O2. The van der Waals surface area contributed by atoms with E-state index in [2.05, 4.69) is 4.98 Å². The summed E-state index contributed by atoms with van der Waals surface area (Å²) in [6, 6.07) is 9.24. The quantitative estimate of drug-likeness (QED) is 0.891. The molecule has 1 aromatic heterocycles. The van der Waals surface area contributed by atoms with Crippen LogP contribution in [0, 0.1) is 0 Å². The third kappa shape index (κ3) is 2.44. The fourth-order valence-corrected chi connectivity index (χ4v) is 1.89. The number of carbonyl (C=O) groups excluding carboxylic acids is 1. The number of hydrogen-bond acceptors (Lipinski definition) is 4. The monoisotopic (exact) mass is 273 g/mol. The lowest BCUT2D eigenvalue weighted by atomic mass is 10.0. The minimum absolute atomic E-state index is 0.127. The number of aromatic nitrogens is 1. The molecule has 1 heterocycles. The number of carbonyl (C=O) groups is 1. The molecule has 0 unspecified atom stereocenters. The molecule has 2 aromatic rings. The van der Waals surface area contributed by atoms with Gasteiger partial charge < -0.3 is 15.7 Å². The molecule has 0 radical (unpaired) electrons. The maximum atomic E-state index is 12.4. The number of nitrogens with zero attached hydrogens (tertiary/aromatic N) is 2. The van der Waals surface area contributed by atoms with Gasteiger partial charge >= 0.3 is 0 Å². The Morgan fingerprint density at radius 1 is 1.40 bits per heavy atom. The first kappa shape index (κ1) is 14.3. The summed E-state index contributed by atoms with van der Waals surface area (Å²) in [7, 11) is 1.64. The van der Waals surface area contributed by atoms with Crippen molar-refractivity contribution in [2.75, 3.05) is 19.4 Å². The van der Waals surface area contributed by atoms with Crippen LogP contribution in [-0.2, 0) is 0 Å². The van der Waals surface area contributed by atoms with Gasteiger partial charge in [0.05, 0.1) is 12.1 Å². The lowest BCUT2D eigenvalue weighted by Gasteiger charge is -2.33. The van der Waals surface area contributed by atoms with Gasteiger partial charge in [-0.3, -0.25) is 4.79 Å². The van der Waals surface area contributed by atoms with Crippen molar-refractivity contribution in [1.29, 1.82) is 0 Å². The third-order valence-electron chi connectivity index (χ3n) is 3.59. The van der Waals surface area contributed by atoms with Crippen molar-refractivity contribution in [2.45, 2.75) is 19.4 Å². The lowest BCUT2D eigenvalue weighted by Crippen LogP contribution is -2.47. The average Bonchev–Trinajstić information content (AvgIpc) is 2.45. The molecule has 0 atom stereocenters. The Bertz CT molecular complexity index is 653. The first-order chi connectivity index (χ1) is 9.36. The Kier molecular flexibility index (Phi) is 3.63. The highest BCUT2D eigenvalue weighted by molar-refractivity contribution is 6.00. The highest BCUT2D eigenvalue weighted by atomic mass is 16.3. The summed E-state index contributed by atoms with van der Waals surface area (Å²) in [5, 5.41) is 11.0. The number of nitrogens with two attached hydrogens (primary N) is 1. The van der Waals surface area contributed by atoms with Gasteiger partial charge in [0.2, 0.25) is 0 Å². The van der Waals surface area contributed by atoms with Crippen LogP contribution in [-0.4, -0.2) is 40.1 Å². The zero-order valence-corrected chi connectivity index (χ0v) is 11.9. The Labute approximate surface area is 118 Å². The minimum atomic E-state index is -0.654. The summed E-state index contributed by atoms with van der Waals surface area (Å²) >= 11 is 0. The molecule has 0 aliphatic rings. The molecule has 5 heteroatoms. The van der Waals surface area contributed by atoms with Gasteiger partial charge in [-0.05, 0) is 25.3 Å². The largest absolute Gasteiger partial charge is 0.394 e. The number of benzene rings is 1. The number of hydrogen-bond donors (Lipinski definition) is 2. The minimum Gasteiger partial charge on any atom is -0.394 e. The second-order valence-electron chi connectivity index (χ2n) is 5.45. The van der Waals surface area contributed by atoms with Gasteiger partial charge in [-0.1, -0.05) is 24.3 Å². The summed E-state index contributed by atoms with van der Waals surface area (Å²) in [6.45, 7) is 3.45. The molecular weight excluding hydrogens is 254 g/mol. The van der Waals surface area contributed by atoms with Crippen molar-refractivity contribution in [2.24, 2.45) is 0 Å². The van der Waals surface area contributed by atoms with Crippen molar-refractivity contribution in [3.05, 3.63) is 36.0 Å². The van der Waals surface area contributed by atoms with Crippen molar-refractivity contribution >= 4 is 22.5 Å². The van der Waals surface area contributed by atoms with Crippen molar-refractivity contribution in [1.82, 2.24) is 9.88 Å². The Morgan fingerprint density at radius 3 is 2.70 bits per heavy atom. The third-order valence-corrected chi connectivity index (χ3v) is 3.59. The molecule has 3 N–H and O–H groups in total. The van der Waals surface area contributed by atoms with Crippen LogP contribution in [0.4, 0.5) is 5.82 Å². The second kappa shape index (κ2) is 5.09.